The minimum absolute atomic E-state index is 0.253. The van der Waals surface area contributed by atoms with E-state index in [1.165, 1.54) is 6.07 Å². The van der Waals surface area contributed by atoms with E-state index in [1.54, 1.807) is 12.1 Å². The lowest BCUT2D eigenvalue weighted by atomic mass is 10.0. The van der Waals surface area contributed by atoms with Gasteiger partial charge in [0.2, 0.25) is 0 Å². The summed E-state index contributed by atoms with van der Waals surface area (Å²) >= 11 is 9.19. The van der Waals surface area contributed by atoms with E-state index >= 15 is 0 Å². The number of hydrogen-bond acceptors (Lipinski definition) is 2. The lowest BCUT2D eigenvalue weighted by Crippen LogP contribution is -2.01. The minimum Gasteiger partial charge on any atom is -0.408 e. The Morgan fingerprint density at radius 3 is 2.52 bits per heavy atom. The van der Waals surface area contributed by atoms with Crippen molar-refractivity contribution in [3.8, 4) is 0 Å². The van der Waals surface area contributed by atoms with Crippen LogP contribution in [0.1, 0.15) is 16.5 Å². The second-order valence-electron chi connectivity index (χ2n) is 4.42. The number of H-pyrrole nitrogens is 1. The summed E-state index contributed by atoms with van der Waals surface area (Å²) in [6.45, 7) is 0. The van der Waals surface area contributed by atoms with Crippen LogP contribution < -0.4 is 5.76 Å². The van der Waals surface area contributed by atoms with Gasteiger partial charge in [-0.15, -0.1) is 11.6 Å². The lowest BCUT2D eigenvalue weighted by Gasteiger charge is -2.12. The predicted octanol–water partition coefficient (Wildman–Crippen LogP) is 4.49. The van der Waals surface area contributed by atoms with Crippen molar-refractivity contribution in [3.63, 3.8) is 0 Å². The van der Waals surface area contributed by atoms with E-state index in [9.17, 15) is 13.6 Å². The number of alkyl halides is 1. The molecule has 108 valence electrons. The minimum atomic E-state index is -1.04. The van der Waals surface area contributed by atoms with Crippen molar-refractivity contribution in [2.75, 3.05) is 0 Å². The summed E-state index contributed by atoms with van der Waals surface area (Å²) in [6.07, 6.45) is 0. The van der Waals surface area contributed by atoms with Gasteiger partial charge in [0.25, 0.3) is 0 Å². The molecule has 1 unspecified atom stereocenters. The Kier molecular flexibility index (Phi) is 3.59. The molecule has 1 aromatic heterocycles. The molecule has 0 saturated carbocycles. The zero-order chi connectivity index (χ0) is 15.1. The number of aromatic nitrogens is 1. The van der Waals surface area contributed by atoms with Crippen LogP contribution in [0.15, 0.2) is 44.0 Å². The third kappa shape index (κ3) is 2.61. The topological polar surface area (TPSA) is 46.0 Å². The van der Waals surface area contributed by atoms with Crippen LogP contribution in [0.5, 0.6) is 0 Å². The maximum atomic E-state index is 13.9. The zero-order valence-corrected chi connectivity index (χ0v) is 12.6. The second-order valence-corrected chi connectivity index (χ2v) is 5.77. The fourth-order valence-corrected chi connectivity index (χ4v) is 2.83. The summed E-state index contributed by atoms with van der Waals surface area (Å²) in [5, 5.41) is -1.04. The van der Waals surface area contributed by atoms with Gasteiger partial charge >= 0.3 is 5.76 Å². The standard InChI is InChI=1S/C14H7BrClF2NO2/c15-7-4-8(17)12(9(18)5-7)13(16)6-1-2-10-11(3-6)21-14(20)19-10/h1-5,13H,(H,19,20). The number of aromatic amines is 1. The molecule has 0 radical (unpaired) electrons. The number of benzene rings is 2. The highest BCUT2D eigenvalue weighted by atomic mass is 79.9. The van der Waals surface area contributed by atoms with Gasteiger partial charge in [-0.25, -0.2) is 13.6 Å². The maximum Gasteiger partial charge on any atom is 0.417 e. The summed E-state index contributed by atoms with van der Waals surface area (Å²) in [5.74, 6) is -2.11. The van der Waals surface area contributed by atoms with Crippen molar-refractivity contribution >= 4 is 38.6 Å². The molecule has 1 heterocycles. The Balaban J connectivity index is 2.11. The first kappa shape index (κ1) is 14.3. The van der Waals surface area contributed by atoms with Crippen LogP contribution in [0.25, 0.3) is 11.1 Å². The predicted molar refractivity (Wildman–Crippen MR) is 78.6 cm³/mol. The summed E-state index contributed by atoms with van der Waals surface area (Å²) in [5.41, 5.74) is 0.939. The van der Waals surface area contributed by atoms with E-state index in [0.29, 0.717) is 11.1 Å². The first-order valence-corrected chi connectivity index (χ1v) is 7.10. The normalized spacial score (nSPS) is 12.8. The van der Waals surface area contributed by atoms with Crippen molar-refractivity contribution < 1.29 is 13.2 Å². The van der Waals surface area contributed by atoms with Gasteiger partial charge < -0.3 is 4.42 Å². The molecule has 0 spiro atoms. The molecule has 3 rings (SSSR count). The van der Waals surface area contributed by atoms with E-state index in [-0.39, 0.29) is 15.6 Å². The molecule has 0 aliphatic carbocycles. The second kappa shape index (κ2) is 5.27. The molecular formula is C14H7BrClF2NO2. The number of oxazole rings is 1. The van der Waals surface area contributed by atoms with Crippen LogP contribution in [-0.4, -0.2) is 4.98 Å². The number of fused-ring (bicyclic) bond motifs is 1. The van der Waals surface area contributed by atoms with Gasteiger partial charge in [0, 0.05) is 10.0 Å². The first-order valence-electron chi connectivity index (χ1n) is 5.87. The largest absolute Gasteiger partial charge is 0.417 e. The van der Waals surface area contributed by atoms with Gasteiger partial charge in [0.15, 0.2) is 5.58 Å². The van der Waals surface area contributed by atoms with Gasteiger partial charge in [-0.05, 0) is 29.8 Å². The van der Waals surface area contributed by atoms with E-state index in [1.807, 2.05) is 0 Å². The monoisotopic (exact) mass is 373 g/mol. The molecule has 21 heavy (non-hydrogen) atoms. The van der Waals surface area contributed by atoms with E-state index in [4.69, 9.17) is 16.0 Å². The summed E-state index contributed by atoms with van der Waals surface area (Å²) in [4.78, 5) is 13.6. The molecule has 1 atom stereocenters. The Bertz CT molecular complexity index is 867. The van der Waals surface area contributed by atoms with Crippen molar-refractivity contribution in [2.45, 2.75) is 5.38 Å². The molecule has 0 aliphatic rings. The lowest BCUT2D eigenvalue weighted by molar-refractivity contribution is 0.552. The molecule has 2 aromatic carbocycles. The fraction of sp³-hybridized carbons (Fsp3) is 0.0714. The molecule has 1 N–H and O–H groups in total. The van der Waals surface area contributed by atoms with E-state index < -0.39 is 22.8 Å². The van der Waals surface area contributed by atoms with Crippen molar-refractivity contribution in [2.24, 2.45) is 0 Å². The average Bonchev–Trinajstić information content (AvgIpc) is 2.76. The number of hydrogen-bond donors (Lipinski definition) is 1. The SMILES string of the molecule is O=c1[nH]c2ccc(C(Cl)c3c(F)cc(Br)cc3F)cc2o1. The van der Waals surface area contributed by atoms with Gasteiger partial charge in [-0.1, -0.05) is 22.0 Å². The molecule has 0 amide bonds. The molecule has 0 saturated heterocycles. The Morgan fingerprint density at radius 1 is 1.19 bits per heavy atom. The zero-order valence-electron chi connectivity index (χ0n) is 10.3. The molecule has 7 heteroatoms. The first-order chi connectivity index (χ1) is 9.95. The maximum absolute atomic E-state index is 13.9. The summed E-state index contributed by atoms with van der Waals surface area (Å²) in [7, 11) is 0. The highest BCUT2D eigenvalue weighted by Gasteiger charge is 2.21. The van der Waals surface area contributed by atoms with Gasteiger partial charge in [0.1, 0.15) is 11.6 Å². The van der Waals surface area contributed by atoms with Crippen LogP contribution in [0.4, 0.5) is 8.78 Å². The van der Waals surface area contributed by atoms with Crippen molar-refractivity contribution in [1.29, 1.82) is 0 Å². The van der Waals surface area contributed by atoms with Crippen LogP contribution >= 0.6 is 27.5 Å². The van der Waals surface area contributed by atoms with Crippen molar-refractivity contribution in [1.82, 2.24) is 4.98 Å². The van der Waals surface area contributed by atoms with Crippen LogP contribution in [0, 0.1) is 11.6 Å². The number of rotatable bonds is 2. The Labute approximate surface area is 130 Å². The number of nitrogens with one attached hydrogen (secondary N) is 1. The van der Waals surface area contributed by atoms with Crippen LogP contribution in [0.3, 0.4) is 0 Å². The van der Waals surface area contributed by atoms with Gasteiger partial charge in [0.05, 0.1) is 10.9 Å². The quantitative estimate of drug-likeness (QED) is 0.672. The van der Waals surface area contributed by atoms with Crippen LogP contribution in [0.2, 0.25) is 0 Å². The third-order valence-corrected chi connectivity index (χ3v) is 3.96. The van der Waals surface area contributed by atoms with E-state index in [0.717, 1.165) is 12.1 Å². The molecule has 0 fully saturated rings. The highest BCUT2D eigenvalue weighted by molar-refractivity contribution is 9.10. The Hall–Kier alpha value is -1.66. The summed E-state index contributed by atoms with van der Waals surface area (Å²) < 4.78 is 33.1. The van der Waals surface area contributed by atoms with Gasteiger partial charge in [-0.2, -0.15) is 0 Å². The molecule has 3 aromatic rings. The van der Waals surface area contributed by atoms with Gasteiger partial charge in [-0.3, -0.25) is 4.98 Å². The number of halogens is 4. The fourth-order valence-electron chi connectivity index (χ4n) is 2.08. The molecule has 0 bridgehead atoms. The molecule has 0 aliphatic heterocycles. The molecular weight excluding hydrogens is 368 g/mol. The third-order valence-electron chi connectivity index (χ3n) is 3.03. The highest BCUT2D eigenvalue weighted by Crippen LogP contribution is 2.34. The smallest absolute Gasteiger partial charge is 0.408 e. The Morgan fingerprint density at radius 2 is 1.86 bits per heavy atom. The van der Waals surface area contributed by atoms with Crippen molar-refractivity contribution in [3.05, 3.63) is 68.1 Å². The summed E-state index contributed by atoms with van der Waals surface area (Å²) in [6, 6.07) is 6.91. The van der Waals surface area contributed by atoms with Crippen LogP contribution in [-0.2, 0) is 0 Å². The molecule has 3 nitrogen and oxygen atoms in total. The average molecular weight is 375 g/mol. The van der Waals surface area contributed by atoms with E-state index in [2.05, 4.69) is 20.9 Å².